The zero-order chi connectivity index (χ0) is 21.7. The Kier molecular flexibility index (Phi) is 6.49. The summed E-state index contributed by atoms with van der Waals surface area (Å²) in [5, 5.41) is 14.0. The second-order valence-corrected chi connectivity index (χ2v) is 6.51. The number of nitrogen functional groups attached to an aromatic ring is 2. The second kappa shape index (κ2) is 8.82. The molecule has 2 aromatic rings. The van der Waals surface area contributed by atoms with Crippen molar-refractivity contribution in [2.75, 3.05) is 16.8 Å². The van der Waals surface area contributed by atoms with E-state index in [0.29, 0.717) is 0 Å². The number of H-pyrrole nitrogens is 1. The van der Waals surface area contributed by atoms with Gasteiger partial charge in [0.15, 0.2) is 0 Å². The normalized spacial score (nSPS) is 11.7. The summed E-state index contributed by atoms with van der Waals surface area (Å²) in [6.45, 7) is 3.33. The fourth-order valence-corrected chi connectivity index (χ4v) is 2.40. The highest BCUT2D eigenvalue weighted by Crippen LogP contribution is 2.10. The molecule has 0 spiro atoms. The van der Waals surface area contributed by atoms with Gasteiger partial charge in [-0.15, -0.1) is 0 Å². The zero-order valence-electron chi connectivity index (χ0n) is 15.7. The van der Waals surface area contributed by atoms with Crippen LogP contribution in [0.5, 0.6) is 0 Å². The van der Waals surface area contributed by atoms with E-state index in [9.17, 15) is 19.2 Å². The van der Waals surface area contributed by atoms with E-state index in [1.165, 1.54) is 18.3 Å². The van der Waals surface area contributed by atoms with E-state index in [1.807, 2.05) is 0 Å². The van der Waals surface area contributed by atoms with Gasteiger partial charge in [0.1, 0.15) is 17.6 Å². The van der Waals surface area contributed by atoms with Gasteiger partial charge in [-0.25, -0.2) is 9.78 Å². The molecule has 0 aliphatic heterocycles. The molecule has 1 unspecified atom stereocenters. The van der Waals surface area contributed by atoms with Crippen LogP contribution in [0.15, 0.2) is 23.1 Å². The molecule has 0 bridgehead atoms. The first-order valence-electron chi connectivity index (χ1n) is 8.52. The Hall–Kier alpha value is -3.96. The first-order chi connectivity index (χ1) is 13.6. The molecule has 12 heteroatoms. The van der Waals surface area contributed by atoms with Gasteiger partial charge >= 0.3 is 5.97 Å². The monoisotopic (exact) mass is 403 g/mol. The molecule has 0 aliphatic carbocycles. The highest BCUT2D eigenvalue weighted by atomic mass is 16.4. The smallest absolute Gasteiger partial charge is 0.326 e. The molecule has 8 N–H and O–H groups in total. The molecule has 0 saturated heterocycles. The fraction of sp³-hybridized carbons (Fsp3) is 0.294. The van der Waals surface area contributed by atoms with Crippen LogP contribution in [0.2, 0.25) is 0 Å². The third-order valence-electron chi connectivity index (χ3n) is 3.90. The molecule has 12 nitrogen and oxygen atoms in total. The Morgan fingerprint density at radius 3 is 2.45 bits per heavy atom. The summed E-state index contributed by atoms with van der Waals surface area (Å²) < 4.78 is 0. The Morgan fingerprint density at radius 1 is 1.24 bits per heavy atom. The van der Waals surface area contributed by atoms with Crippen LogP contribution in [0, 0.1) is 5.92 Å². The van der Waals surface area contributed by atoms with E-state index in [0.717, 1.165) is 0 Å². The van der Waals surface area contributed by atoms with Crippen molar-refractivity contribution < 1.29 is 19.5 Å². The number of nitrogens with one attached hydrogen (secondary N) is 3. The van der Waals surface area contributed by atoms with E-state index in [4.69, 9.17) is 16.6 Å². The number of carboxylic acid groups (broad SMARTS) is 1. The number of nitrogens with two attached hydrogens (primary N) is 2. The van der Waals surface area contributed by atoms with Gasteiger partial charge in [-0.1, -0.05) is 13.8 Å². The predicted octanol–water partition coefficient (Wildman–Crippen LogP) is -0.650. The molecule has 0 saturated carbocycles. The number of amides is 2. The lowest BCUT2D eigenvalue weighted by Crippen LogP contribution is -2.44. The first-order valence-corrected chi connectivity index (χ1v) is 8.52. The topological polar surface area (TPSA) is 206 Å². The van der Waals surface area contributed by atoms with Crippen molar-refractivity contribution in [2.24, 2.45) is 5.92 Å². The molecule has 0 aromatic carbocycles. The van der Waals surface area contributed by atoms with Crippen molar-refractivity contribution >= 4 is 35.2 Å². The van der Waals surface area contributed by atoms with Crippen LogP contribution >= 0.6 is 0 Å². The maximum Gasteiger partial charge on any atom is 0.326 e. The van der Waals surface area contributed by atoms with Crippen molar-refractivity contribution in [3.05, 3.63) is 39.9 Å². The van der Waals surface area contributed by atoms with Gasteiger partial charge in [0.05, 0.1) is 23.9 Å². The van der Waals surface area contributed by atoms with Gasteiger partial charge in [-0.05, 0) is 18.1 Å². The van der Waals surface area contributed by atoms with E-state index in [2.05, 4.69) is 25.6 Å². The Balaban J connectivity index is 2.03. The minimum atomic E-state index is -1.15. The predicted molar refractivity (Wildman–Crippen MR) is 104 cm³/mol. The molecule has 154 valence electrons. The molecule has 2 aromatic heterocycles. The number of anilines is 3. The number of nitrogens with zero attached hydrogens (tertiary/aromatic N) is 2. The summed E-state index contributed by atoms with van der Waals surface area (Å²) in [7, 11) is 0. The summed E-state index contributed by atoms with van der Waals surface area (Å²) in [6, 6.07) is 1.69. The number of carboxylic acids is 1. The molecule has 29 heavy (non-hydrogen) atoms. The Morgan fingerprint density at radius 2 is 1.93 bits per heavy atom. The van der Waals surface area contributed by atoms with Gasteiger partial charge < -0.3 is 27.2 Å². The molecule has 2 rings (SSSR count). The molecular formula is C17H21N7O5. The number of hydrogen-bond donors (Lipinski definition) is 6. The van der Waals surface area contributed by atoms with Crippen LogP contribution in [0.1, 0.15) is 29.9 Å². The maximum atomic E-state index is 12.1. The molecule has 0 radical (unpaired) electrons. The average molecular weight is 403 g/mol. The lowest BCUT2D eigenvalue weighted by Gasteiger charge is -2.17. The number of aliphatic carboxylic acids is 1. The van der Waals surface area contributed by atoms with Crippen molar-refractivity contribution in [3.8, 4) is 0 Å². The summed E-state index contributed by atoms with van der Waals surface area (Å²) in [4.78, 5) is 57.1. The van der Waals surface area contributed by atoms with E-state index >= 15 is 0 Å². The van der Waals surface area contributed by atoms with Gasteiger partial charge in [0.2, 0.25) is 11.9 Å². The Bertz CT molecular complexity index is 985. The SMILES string of the molecule is CC(C)C(NC(=O)c1ccc(NC(=O)Cc2c(N)nc(N)[nH]c2=O)cn1)C(=O)O. The van der Waals surface area contributed by atoms with Crippen LogP contribution in [-0.4, -0.2) is 43.9 Å². The van der Waals surface area contributed by atoms with Crippen LogP contribution in [0.4, 0.5) is 17.5 Å². The number of hydrogen-bond acceptors (Lipinski definition) is 8. The summed E-state index contributed by atoms with van der Waals surface area (Å²) >= 11 is 0. The van der Waals surface area contributed by atoms with Crippen molar-refractivity contribution in [1.82, 2.24) is 20.3 Å². The minimum absolute atomic E-state index is 0.0154. The quantitative estimate of drug-likeness (QED) is 0.346. The minimum Gasteiger partial charge on any atom is -0.480 e. The number of aromatic amines is 1. The Labute approximate surface area is 164 Å². The molecule has 1 atom stereocenters. The number of carbonyl (C=O) groups excluding carboxylic acids is 2. The highest BCUT2D eigenvalue weighted by Gasteiger charge is 2.24. The van der Waals surface area contributed by atoms with Gasteiger partial charge in [0, 0.05) is 0 Å². The number of pyridine rings is 1. The third kappa shape index (κ3) is 5.51. The number of rotatable bonds is 7. The van der Waals surface area contributed by atoms with Crippen LogP contribution in [0.3, 0.4) is 0 Å². The molecule has 0 aliphatic rings. The van der Waals surface area contributed by atoms with Gasteiger partial charge in [0.25, 0.3) is 11.5 Å². The molecular weight excluding hydrogens is 382 g/mol. The van der Waals surface area contributed by atoms with Gasteiger partial charge in [-0.2, -0.15) is 4.98 Å². The van der Waals surface area contributed by atoms with Crippen LogP contribution < -0.4 is 27.7 Å². The standard InChI is InChI=1S/C17H21N7O5/c1-7(2)12(16(28)29)22-15(27)10-4-3-8(6-20-10)21-11(25)5-9-13(18)23-17(19)24-14(9)26/h3-4,6-7,12H,5H2,1-2H3,(H,21,25)(H,22,27)(H,28,29)(H5,18,19,23,24,26). The highest BCUT2D eigenvalue weighted by molar-refractivity contribution is 5.96. The summed E-state index contributed by atoms with van der Waals surface area (Å²) in [6.07, 6.45) is 0.887. The van der Waals surface area contributed by atoms with Crippen molar-refractivity contribution in [2.45, 2.75) is 26.3 Å². The first kappa shape index (κ1) is 21.3. The van der Waals surface area contributed by atoms with E-state index in [1.54, 1.807) is 13.8 Å². The largest absolute Gasteiger partial charge is 0.480 e. The van der Waals surface area contributed by atoms with Crippen molar-refractivity contribution in [1.29, 1.82) is 0 Å². The van der Waals surface area contributed by atoms with Crippen LogP contribution in [-0.2, 0) is 16.0 Å². The maximum absolute atomic E-state index is 12.1. The number of carbonyl (C=O) groups is 3. The van der Waals surface area contributed by atoms with E-state index < -0.39 is 29.4 Å². The lowest BCUT2D eigenvalue weighted by atomic mass is 10.0. The summed E-state index contributed by atoms with van der Waals surface area (Å²) in [5.41, 5.74) is 10.6. The van der Waals surface area contributed by atoms with Crippen LogP contribution in [0.25, 0.3) is 0 Å². The number of aromatic nitrogens is 3. The average Bonchev–Trinajstić information content (AvgIpc) is 2.62. The van der Waals surface area contributed by atoms with Crippen molar-refractivity contribution in [3.63, 3.8) is 0 Å². The van der Waals surface area contributed by atoms with E-state index in [-0.39, 0.29) is 41.0 Å². The molecule has 2 heterocycles. The van der Waals surface area contributed by atoms with Gasteiger partial charge in [-0.3, -0.25) is 19.4 Å². The third-order valence-corrected chi connectivity index (χ3v) is 3.90. The lowest BCUT2D eigenvalue weighted by molar-refractivity contribution is -0.140. The fourth-order valence-electron chi connectivity index (χ4n) is 2.40. The second-order valence-electron chi connectivity index (χ2n) is 6.51. The molecule has 2 amide bonds. The zero-order valence-corrected chi connectivity index (χ0v) is 15.7. The summed E-state index contributed by atoms with van der Waals surface area (Å²) in [5.74, 6) is -2.98. The molecule has 0 fully saturated rings.